The van der Waals surface area contributed by atoms with Crippen LogP contribution in [0, 0.1) is 50.3 Å². The Morgan fingerprint density at radius 1 is 0.560 bits per heavy atom. The molecule has 0 aliphatic carbocycles. The van der Waals surface area contributed by atoms with Crippen molar-refractivity contribution >= 4 is 46.4 Å². The van der Waals surface area contributed by atoms with Crippen molar-refractivity contribution in [3.8, 4) is 50.6 Å². The molecule has 26 heteroatoms. The molecule has 0 radical (unpaired) electrons. The summed E-state index contributed by atoms with van der Waals surface area (Å²) in [6.45, 7) is 23.5. The largest absolute Gasteiger partial charge is 0.493 e. The molecule has 0 saturated carbocycles. The molecule has 7 aromatic heterocycles. The lowest BCUT2D eigenvalue weighted by Crippen LogP contribution is -2.49. The average Bonchev–Trinajstić information content (AvgIpc) is 1.58. The van der Waals surface area contributed by atoms with Crippen LogP contribution in [0.4, 0.5) is 47.0 Å². The molecular weight excluding hydrogens is 1280 g/mol. The van der Waals surface area contributed by atoms with Gasteiger partial charge in [-0.2, -0.15) is 0 Å². The molecule has 1 fully saturated rings. The molecule has 4 aliphatic heterocycles. The third-order valence-electron chi connectivity index (χ3n) is 18.0. The number of nitrogens with one attached hydrogen (secondary N) is 3. The van der Waals surface area contributed by atoms with Crippen molar-refractivity contribution in [2.24, 2.45) is 0 Å². The first kappa shape index (κ1) is 65.7. The Hall–Kier alpha value is -11.6. The topological polar surface area (TPSA) is 223 Å². The van der Waals surface area contributed by atoms with Gasteiger partial charge in [0.1, 0.15) is 46.2 Å². The standard InChI is InChI=1S/C26H24F2N6O.C26H26FN5O2.C22H17FN6O2/c1-15-9-16(10-22(28)20(15)13-33(3)4)18-11-30-26(34-14-24(29-2)32-25(18)34)31-12-19-17-7-8-35-23(17)6-5-21(19)27;1-16-12-32-25(30-16)21(18-4-2-17(3-5-18)13-31-14-19(33)15-31)10-28-26(32)29-11-22-20-8-9-34-24(20)7-6-23(22)27;1-24-20-11-29-21(28-20)16(13-3-2-7-25-18(13)12-30)10-27-22(29)26-9-15-14-6-8-31-19(14)5-4-17(15)23/h5-6,9-11,14H,7-8,12-13H2,1,3-4H3,(H,30,31);2-7,10,12,19,33H,8-9,11,13-15H2,1H3,(H,28,29);2-5,7,10-11,30H,6,8-9,12H2,(H,26,27). The molecule has 506 valence electrons. The van der Waals surface area contributed by atoms with E-state index in [1.54, 1.807) is 64.1 Å². The molecule has 5 N–H and O–H groups in total. The van der Waals surface area contributed by atoms with Crippen LogP contribution in [-0.2, 0) is 58.6 Å². The fraction of sp³-hybridized carbons (Fsp3) is 0.257. The average molecular weight is 1350 g/mol. The van der Waals surface area contributed by atoms with Gasteiger partial charge in [0.15, 0.2) is 0 Å². The normalized spacial score (nSPS) is 13.7. The van der Waals surface area contributed by atoms with Crippen molar-refractivity contribution in [2.45, 2.75) is 78.5 Å². The number of hydrogen-bond acceptors (Lipinski definition) is 17. The van der Waals surface area contributed by atoms with E-state index in [1.165, 1.54) is 29.8 Å². The van der Waals surface area contributed by atoms with E-state index in [1.807, 2.05) is 61.8 Å². The van der Waals surface area contributed by atoms with Gasteiger partial charge in [0.05, 0.1) is 55.0 Å². The van der Waals surface area contributed by atoms with Gasteiger partial charge in [0.25, 0.3) is 11.6 Å². The second-order valence-corrected chi connectivity index (χ2v) is 24.9. The van der Waals surface area contributed by atoms with Crippen molar-refractivity contribution in [3.05, 3.63) is 236 Å². The van der Waals surface area contributed by atoms with Gasteiger partial charge in [-0.3, -0.25) is 23.1 Å². The van der Waals surface area contributed by atoms with E-state index in [2.05, 4.69) is 84.7 Å². The molecular formula is C74H67F4N17O5. The van der Waals surface area contributed by atoms with Crippen molar-refractivity contribution in [1.82, 2.24) is 57.9 Å². The first-order valence-corrected chi connectivity index (χ1v) is 32.5. The number of halogens is 4. The summed E-state index contributed by atoms with van der Waals surface area (Å²) < 4.78 is 80.5. The van der Waals surface area contributed by atoms with E-state index >= 15 is 0 Å². The Morgan fingerprint density at radius 2 is 1.04 bits per heavy atom. The smallest absolute Gasteiger partial charge is 0.288 e. The SMILES string of the molecule is Cc1cn2c(NCc3c(F)ccc4c3CCO4)ncc(-c3ccc(CN4CC(O)C4)cc3)c2n1.[C-]#[N+]c1cn2c(NCc3c(F)ccc4c3CCO4)ncc(-c3cc(C)c(CN(C)C)c(F)c3)c2n1.[C-]#[N+]c1cn2c(NCc3c(F)ccc4c3CCO4)ncc(-c3cccnc3CO)c2n1. The Morgan fingerprint density at radius 3 is 1.52 bits per heavy atom. The van der Waals surface area contributed by atoms with Gasteiger partial charge >= 0.3 is 0 Å². The summed E-state index contributed by atoms with van der Waals surface area (Å²) in [5, 5.41) is 28.8. The predicted octanol–water partition coefficient (Wildman–Crippen LogP) is 12.2. The van der Waals surface area contributed by atoms with Crippen molar-refractivity contribution < 1.29 is 42.0 Å². The maximum Gasteiger partial charge on any atom is 0.288 e. The highest BCUT2D eigenvalue weighted by atomic mass is 19.1. The number of nitrogens with zero attached hydrogens (tertiary/aromatic N) is 14. The molecule has 1 saturated heterocycles. The van der Waals surface area contributed by atoms with Crippen LogP contribution >= 0.6 is 0 Å². The number of aromatic nitrogens is 10. The number of imidazole rings is 3. The van der Waals surface area contributed by atoms with E-state index in [9.17, 15) is 27.8 Å². The second-order valence-electron chi connectivity index (χ2n) is 24.9. The van der Waals surface area contributed by atoms with E-state index in [0.717, 1.165) is 70.1 Å². The van der Waals surface area contributed by atoms with Gasteiger partial charge in [0, 0.05) is 159 Å². The number of likely N-dealkylation sites (tertiary alicyclic amines) is 1. The lowest BCUT2D eigenvalue weighted by molar-refractivity contribution is -0.00286. The van der Waals surface area contributed by atoms with E-state index in [-0.39, 0.29) is 60.7 Å². The van der Waals surface area contributed by atoms with Gasteiger partial charge in [-0.05, 0) is 98.7 Å². The van der Waals surface area contributed by atoms with Gasteiger partial charge in [-0.1, -0.05) is 59.5 Å². The number of aryl methyl sites for hydroxylation is 2. The summed E-state index contributed by atoms with van der Waals surface area (Å²) in [4.78, 5) is 42.5. The lowest BCUT2D eigenvalue weighted by Gasteiger charge is -2.35. The molecule has 0 spiro atoms. The lowest BCUT2D eigenvalue weighted by atomic mass is 10.00. The number of aliphatic hydroxyl groups is 2. The molecule has 0 amide bonds. The number of fused-ring (bicyclic) bond motifs is 6. The highest BCUT2D eigenvalue weighted by Gasteiger charge is 2.27. The number of benzene rings is 5. The molecule has 5 aromatic carbocycles. The zero-order valence-electron chi connectivity index (χ0n) is 55.0. The summed E-state index contributed by atoms with van der Waals surface area (Å²) in [7, 11) is 3.79. The number of ether oxygens (including phenoxy) is 3. The third kappa shape index (κ3) is 13.2. The van der Waals surface area contributed by atoms with E-state index in [4.69, 9.17) is 32.3 Å². The molecule has 100 heavy (non-hydrogen) atoms. The molecule has 0 unspecified atom stereocenters. The molecule has 0 bridgehead atoms. The fourth-order valence-corrected chi connectivity index (χ4v) is 13.1. The van der Waals surface area contributed by atoms with E-state index < -0.39 is 0 Å². The molecule has 0 atom stereocenters. The predicted molar refractivity (Wildman–Crippen MR) is 368 cm³/mol. The molecule has 16 rings (SSSR count). The number of pyridine rings is 1. The van der Waals surface area contributed by atoms with Crippen LogP contribution in [0.15, 0.2) is 128 Å². The van der Waals surface area contributed by atoms with Crippen LogP contribution in [0.2, 0.25) is 0 Å². The summed E-state index contributed by atoms with van der Waals surface area (Å²) in [6.07, 6.45) is 13.5. The number of rotatable bonds is 17. The minimum atomic E-state index is -0.314. The van der Waals surface area contributed by atoms with Gasteiger partial charge in [-0.15, -0.1) is 0 Å². The van der Waals surface area contributed by atoms with Gasteiger partial charge in [-0.25, -0.2) is 37.5 Å². The summed E-state index contributed by atoms with van der Waals surface area (Å²) >= 11 is 0. The Balaban J connectivity index is 0.000000128. The second kappa shape index (κ2) is 28.1. The first-order chi connectivity index (χ1) is 48.6. The van der Waals surface area contributed by atoms with Crippen molar-refractivity contribution in [1.29, 1.82) is 0 Å². The van der Waals surface area contributed by atoms with Crippen molar-refractivity contribution in [3.63, 3.8) is 0 Å². The maximum atomic E-state index is 15.0. The monoisotopic (exact) mass is 1350 g/mol. The molecule has 11 heterocycles. The number of anilines is 3. The zero-order chi connectivity index (χ0) is 69.3. The van der Waals surface area contributed by atoms with Crippen LogP contribution < -0.4 is 30.2 Å². The van der Waals surface area contributed by atoms with E-state index in [0.29, 0.717) is 143 Å². The minimum absolute atomic E-state index is 0.184. The number of β-amino-alcohol motifs (C(OH)–C–C–N with tert-alkyl or cyclic N) is 1. The molecule has 4 aliphatic rings. The van der Waals surface area contributed by atoms with Crippen LogP contribution in [0.3, 0.4) is 0 Å². The highest BCUT2D eigenvalue weighted by Crippen LogP contribution is 2.37. The third-order valence-corrected chi connectivity index (χ3v) is 18.0. The van der Waals surface area contributed by atoms with Crippen molar-refractivity contribution in [2.75, 3.05) is 63.0 Å². The maximum absolute atomic E-state index is 15.0. The minimum Gasteiger partial charge on any atom is -0.493 e. The van der Waals surface area contributed by atoms with Gasteiger partial charge < -0.3 is 55.0 Å². The Labute approximate surface area is 571 Å². The summed E-state index contributed by atoms with van der Waals surface area (Å²) in [6, 6.07) is 24.6. The van der Waals surface area contributed by atoms with Crippen LogP contribution in [0.1, 0.15) is 61.5 Å². The zero-order valence-corrected chi connectivity index (χ0v) is 55.0. The van der Waals surface area contributed by atoms with Crippen LogP contribution in [-0.4, -0.2) is 121 Å². The quantitative estimate of drug-likeness (QED) is 0.0422. The highest BCUT2D eigenvalue weighted by molar-refractivity contribution is 5.82. The Bertz CT molecular complexity index is 5190. The fourth-order valence-electron chi connectivity index (χ4n) is 13.1. The van der Waals surface area contributed by atoms with Gasteiger partial charge in [0.2, 0.25) is 29.1 Å². The number of hydrogen-bond donors (Lipinski definition) is 5. The summed E-state index contributed by atoms with van der Waals surface area (Å²) in [5.41, 5.74) is 14.6. The van der Waals surface area contributed by atoms with Crippen LogP contribution in [0.5, 0.6) is 17.2 Å². The Kier molecular flexibility index (Phi) is 18.5. The first-order valence-electron chi connectivity index (χ1n) is 32.5. The molecule has 22 nitrogen and oxygen atoms in total. The van der Waals surface area contributed by atoms with Crippen LogP contribution in [0.25, 0.3) is 60.0 Å². The summed E-state index contributed by atoms with van der Waals surface area (Å²) in [5.74, 6) is 2.84. The number of aliphatic hydroxyl groups excluding tert-OH is 2. The molecule has 12 aromatic rings.